The van der Waals surface area contributed by atoms with E-state index >= 15 is 0 Å². The van der Waals surface area contributed by atoms with Gasteiger partial charge in [0.15, 0.2) is 11.8 Å². The minimum atomic E-state index is 0.0461. The zero-order chi connectivity index (χ0) is 14.4. The highest BCUT2D eigenvalue weighted by molar-refractivity contribution is 6.32. The molecule has 5 heteroatoms. The van der Waals surface area contributed by atoms with Gasteiger partial charge >= 0.3 is 0 Å². The van der Waals surface area contributed by atoms with Crippen LogP contribution < -0.4 is 10.1 Å². The number of benzene rings is 1. The topological polar surface area (TPSA) is 57.9 Å². The highest BCUT2D eigenvalue weighted by Crippen LogP contribution is 2.23. The van der Waals surface area contributed by atoms with E-state index in [2.05, 4.69) is 10.3 Å². The normalized spacial score (nSPS) is 9.85. The number of anilines is 1. The number of rotatable bonds is 5. The van der Waals surface area contributed by atoms with Gasteiger partial charge in [0.05, 0.1) is 5.69 Å². The molecule has 1 heterocycles. The van der Waals surface area contributed by atoms with Crippen LogP contribution in [0.5, 0.6) is 5.75 Å². The van der Waals surface area contributed by atoms with Crippen LogP contribution >= 0.6 is 11.6 Å². The minimum absolute atomic E-state index is 0.0461. The summed E-state index contributed by atoms with van der Waals surface area (Å²) < 4.78 is 5.27. The van der Waals surface area contributed by atoms with Gasteiger partial charge in [-0.15, -0.1) is 0 Å². The van der Waals surface area contributed by atoms with Gasteiger partial charge in [0.25, 0.3) is 0 Å². The van der Waals surface area contributed by atoms with Crippen molar-refractivity contribution in [2.24, 2.45) is 0 Å². The molecule has 102 valence electrons. The molecule has 4 nitrogen and oxygen atoms in total. The summed E-state index contributed by atoms with van der Waals surface area (Å²) in [6, 6.07) is 11.4. The average molecular weight is 288 g/mol. The molecule has 1 N–H and O–H groups in total. The fourth-order valence-electron chi connectivity index (χ4n) is 1.79. The Bertz CT molecular complexity index is 617. The van der Waals surface area contributed by atoms with Crippen LogP contribution in [0.1, 0.15) is 11.1 Å². The first-order chi connectivity index (χ1) is 9.70. The van der Waals surface area contributed by atoms with Crippen molar-refractivity contribution < 1.29 is 4.74 Å². The fraction of sp³-hybridized carbons (Fsp3) is 0.200. The van der Waals surface area contributed by atoms with E-state index in [-0.39, 0.29) is 6.61 Å². The van der Waals surface area contributed by atoms with Gasteiger partial charge in [-0.2, -0.15) is 5.26 Å². The van der Waals surface area contributed by atoms with Crippen molar-refractivity contribution in [2.75, 3.05) is 11.9 Å². The molecule has 0 aliphatic rings. The van der Waals surface area contributed by atoms with Crippen molar-refractivity contribution in [3.8, 4) is 11.8 Å². The number of ether oxygens (including phenoxy) is 1. The number of nitriles is 1. The minimum Gasteiger partial charge on any atom is -0.479 e. The Morgan fingerprint density at radius 2 is 2.25 bits per heavy atom. The summed E-state index contributed by atoms with van der Waals surface area (Å²) in [5.74, 6) is 0.680. The summed E-state index contributed by atoms with van der Waals surface area (Å²) in [6.07, 6.45) is 1.68. The van der Waals surface area contributed by atoms with Gasteiger partial charge in [-0.3, -0.25) is 0 Å². The zero-order valence-electron chi connectivity index (χ0n) is 11.1. The Morgan fingerprint density at radius 1 is 1.40 bits per heavy atom. The smallest absolute Gasteiger partial charge is 0.174 e. The third kappa shape index (κ3) is 3.62. The summed E-state index contributed by atoms with van der Waals surface area (Å²) in [4.78, 5) is 4.05. The number of pyridine rings is 1. The second kappa shape index (κ2) is 6.78. The van der Waals surface area contributed by atoms with Gasteiger partial charge < -0.3 is 10.1 Å². The van der Waals surface area contributed by atoms with Gasteiger partial charge in [0, 0.05) is 12.7 Å². The van der Waals surface area contributed by atoms with Crippen LogP contribution in [-0.2, 0) is 6.54 Å². The zero-order valence-corrected chi connectivity index (χ0v) is 11.8. The lowest BCUT2D eigenvalue weighted by atomic mass is 10.2. The molecule has 0 radical (unpaired) electrons. The molecular formula is C15H14ClN3O. The second-order valence-electron chi connectivity index (χ2n) is 4.24. The highest BCUT2D eigenvalue weighted by Gasteiger charge is 2.04. The Labute approximate surface area is 123 Å². The molecule has 0 unspecified atom stereocenters. The number of hydrogen-bond donors (Lipinski definition) is 1. The van der Waals surface area contributed by atoms with Crippen molar-refractivity contribution >= 4 is 17.3 Å². The van der Waals surface area contributed by atoms with Crippen LogP contribution in [0, 0.1) is 18.3 Å². The highest BCUT2D eigenvalue weighted by atomic mass is 35.5. The third-order valence-electron chi connectivity index (χ3n) is 2.78. The number of aryl methyl sites for hydroxylation is 1. The lowest BCUT2D eigenvalue weighted by Crippen LogP contribution is -2.03. The number of nitrogens with one attached hydrogen (secondary N) is 1. The second-order valence-corrected chi connectivity index (χ2v) is 4.60. The van der Waals surface area contributed by atoms with Crippen LogP contribution in [0.2, 0.25) is 5.15 Å². The van der Waals surface area contributed by atoms with E-state index in [9.17, 15) is 0 Å². The van der Waals surface area contributed by atoms with Crippen molar-refractivity contribution in [3.05, 3.63) is 52.8 Å². The first-order valence-electron chi connectivity index (χ1n) is 6.14. The average Bonchev–Trinajstić information content (AvgIpc) is 2.45. The Morgan fingerprint density at radius 3 is 3.00 bits per heavy atom. The molecule has 0 aliphatic heterocycles. The molecule has 0 aliphatic carbocycles. The molecular weight excluding hydrogens is 274 g/mol. The van der Waals surface area contributed by atoms with Gasteiger partial charge in [-0.1, -0.05) is 23.7 Å². The maximum atomic E-state index is 8.50. The molecule has 0 atom stereocenters. The summed E-state index contributed by atoms with van der Waals surface area (Å²) in [7, 11) is 0. The molecule has 1 aromatic carbocycles. The summed E-state index contributed by atoms with van der Waals surface area (Å²) >= 11 is 6.06. The molecule has 0 amide bonds. The van der Waals surface area contributed by atoms with Crippen LogP contribution in [0.25, 0.3) is 0 Å². The van der Waals surface area contributed by atoms with Gasteiger partial charge in [-0.05, 0) is 36.2 Å². The molecule has 2 rings (SSSR count). The molecule has 0 saturated carbocycles. The Hall–Kier alpha value is -2.25. The number of nitrogens with zero attached hydrogens (tertiary/aromatic N) is 2. The van der Waals surface area contributed by atoms with E-state index in [0.717, 1.165) is 16.8 Å². The van der Waals surface area contributed by atoms with Crippen molar-refractivity contribution in [2.45, 2.75) is 13.5 Å². The predicted octanol–water partition coefficient (Wildman–Crippen LogP) is 3.56. The standard InChI is InChI=1S/C15H14ClN3O/c1-11-5-7-18-15(16)14(11)19-10-12-3-2-4-13(9-12)20-8-6-17/h2-5,7,9,19H,8,10H2,1H3. The largest absolute Gasteiger partial charge is 0.479 e. The van der Waals surface area contributed by atoms with Gasteiger partial charge in [-0.25, -0.2) is 4.98 Å². The number of halogens is 1. The maximum Gasteiger partial charge on any atom is 0.174 e. The lowest BCUT2D eigenvalue weighted by molar-refractivity contribution is 0.368. The van der Waals surface area contributed by atoms with Crippen LogP contribution in [0.3, 0.4) is 0 Å². The SMILES string of the molecule is Cc1ccnc(Cl)c1NCc1cccc(OCC#N)c1. The number of aromatic nitrogens is 1. The monoisotopic (exact) mass is 287 g/mol. The molecule has 2 aromatic rings. The predicted molar refractivity (Wildman–Crippen MR) is 78.9 cm³/mol. The van der Waals surface area contributed by atoms with Gasteiger partial charge in [0.2, 0.25) is 0 Å². The van der Waals surface area contributed by atoms with E-state index in [1.807, 2.05) is 43.3 Å². The first-order valence-corrected chi connectivity index (χ1v) is 6.52. The van der Waals surface area contributed by atoms with Crippen molar-refractivity contribution in [3.63, 3.8) is 0 Å². The van der Waals surface area contributed by atoms with Crippen LogP contribution in [0.15, 0.2) is 36.5 Å². The van der Waals surface area contributed by atoms with E-state index in [1.54, 1.807) is 6.20 Å². The fourth-order valence-corrected chi connectivity index (χ4v) is 2.06. The molecule has 20 heavy (non-hydrogen) atoms. The van der Waals surface area contributed by atoms with E-state index in [1.165, 1.54) is 0 Å². The number of hydrogen-bond acceptors (Lipinski definition) is 4. The summed E-state index contributed by atoms with van der Waals surface area (Å²) in [5.41, 5.74) is 2.92. The van der Waals surface area contributed by atoms with E-state index in [0.29, 0.717) is 17.4 Å². The van der Waals surface area contributed by atoms with Crippen molar-refractivity contribution in [1.29, 1.82) is 5.26 Å². The van der Waals surface area contributed by atoms with E-state index in [4.69, 9.17) is 21.6 Å². The van der Waals surface area contributed by atoms with Crippen LogP contribution in [-0.4, -0.2) is 11.6 Å². The van der Waals surface area contributed by atoms with Crippen molar-refractivity contribution in [1.82, 2.24) is 4.98 Å². The molecule has 1 aromatic heterocycles. The maximum absolute atomic E-state index is 8.50. The lowest BCUT2D eigenvalue weighted by Gasteiger charge is -2.11. The summed E-state index contributed by atoms with van der Waals surface area (Å²) in [5, 5.41) is 12.2. The van der Waals surface area contributed by atoms with E-state index < -0.39 is 0 Å². The van der Waals surface area contributed by atoms with Crippen LogP contribution in [0.4, 0.5) is 5.69 Å². The molecule has 0 spiro atoms. The summed E-state index contributed by atoms with van der Waals surface area (Å²) in [6.45, 7) is 2.63. The molecule has 0 fully saturated rings. The first kappa shape index (κ1) is 14.2. The quantitative estimate of drug-likeness (QED) is 0.854. The Kier molecular flexibility index (Phi) is 4.80. The third-order valence-corrected chi connectivity index (χ3v) is 3.07. The molecule has 0 bridgehead atoms. The molecule has 0 saturated heterocycles. The van der Waals surface area contributed by atoms with Gasteiger partial charge in [0.1, 0.15) is 11.8 Å². The Balaban J connectivity index is 2.06.